The third-order valence-corrected chi connectivity index (χ3v) is 5.77. The van der Waals surface area contributed by atoms with Crippen LogP contribution in [0.5, 0.6) is 0 Å². The van der Waals surface area contributed by atoms with E-state index in [9.17, 15) is 4.79 Å². The standard InChI is InChI=1S/C25H27N3O2/c1-25(2,3)30-24(29)28-15-16(17-8-5-7-11-22(17)28)14-21-23-19(12-13-26-21)18-9-4-6-10-20(18)27-23/h4-11,15,21,26-27H,12-14H2,1-3H3. The number of H-pyrrole nitrogens is 1. The molecule has 2 aromatic carbocycles. The summed E-state index contributed by atoms with van der Waals surface area (Å²) in [5.74, 6) is 0. The monoisotopic (exact) mass is 401 g/mol. The van der Waals surface area contributed by atoms with E-state index in [1.54, 1.807) is 4.57 Å². The first-order valence-corrected chi connectivity index (χ1v) is 10.6. The third kappa shape index (κ3) is 3.29. The van der Waals surface area contributed by atoms with Gasteiger partial charge in [-0.15, -0.1) is 0 Å². The van der Waals surface area contributed by atoms with Crippen LogP contribution in [0.4, 0.5) is 4.79 Å². The predicted molar refractivity (Wildman–Crippen MR) is 120 cm³/mol. The lowest BCUT2D eigenvalue weighted by Gasteiger charge is -2.24. The van der Waals surface area contributed by atoms with Gasteiger partial charge in [0.25, 0.3) is 0 Å². The highest BCUT2D eigenvalue weighted by Gasteiger charge is 2.26. The van der Waals surface area contributed by atoms with Crippen LogP contribution in [-0.4, -0.2) is 27.8 Å². The van der Waals surface area contributed by atoms with Crippen molar-refractivity contribution in [2.45, 2.75) is 45.3 Å². The number of aromatic amines is 1. The second-order valence-corrected chi connectivity index (χ2v) is 9.05. The molecule has 5 heteroatoms. The van der Waals surface area contributed by atoms with E-state index in [1.165, 1.54) is 22.2 Å². The van der Waals surface area contributed by atoms with E-state index < -0.39 is 5.60 Å². The molecule has 154 valence electrons. The minimum atomic E-state index is -0.535. The summed E-state index contributed by atoms with van der Waals surface area (Å²) >= 11 is 0. The smallest absolute Gasteiger partial charge is 0.419 e. The fraction of sp³-hybridized carbons (Fsp3) is 0.320. The summed E-state index contributed by atoms with van der Waals surface area (Å²) in [5, 5.41) is 6.08. The van der Waals surface area contributed by atoms with Gasteiger partial charge in [0.15, 0.2) is 0 Å². The molecule has 4 aromatic rings. The summed E-state index contributed by atoms with van der Waals surface area (Å²) in [6.45, 7) is 6.62. The van der Waals surface area contributed by atoms with Crippen molar-refractivity contribution in [3.05, 3.63) is 71.5 Å². The normalized spacial score (nSPS) is 16.7. The van der Waals surface area contributed by atoms with Crippen molar-refractivity contribution in [2.75, 3.05) is 6.54 Å². The Balaban J connectivity index is 1.54. The summed E-state index contributed by atoms with van der Waals surface area (Å²) in [6, 6.07) is 16.7. The number of fused-ring (bicyclic) bond motifs is 4. The second-order valence-electron chi connectivity index (χ2n) is 9.05. The molecule has 30 heavy (non-hydrogen) atoms. The van der Waals surface area contributed by atoms with Crippen molar-refractivity contribution >= 4 is 27.9 Å². The van der Waals surface area contributed by atoms with Crippen LogP contribution in [0, 0.1) is 0 Å². The van der Waals surface area contributed by atoms with Gasteiger partial charge in [0.2, 0.25) is 0 Å². The Morgan fingerprint density at radius 3 is 2.63 bits per heavy atom. The van der Waals surface area contributed by atoms with Crippen LogP contribution in [0.25, 0.3) is 21.8 Å². The lowest BCUT2D eigenvalue weighted by atomic mass is 9.94. The molecule has 1 aliphatic rings. The maximum atomic E-state index is 12.8. The van der Waals surface area contributed by atoms with Crippen molar-refractivity contribution in [3.63, 3.8) is 0 Å². The lowest BCUT2D eigenvalue weighted by Crippen LogP contribution is -2.31. The van der Waals surface area contributed by atoms with Gasteiger partial charge >= 0.3 is 6.09 Å². The number of nitrogens with zero attached hydrogens (tertiary/aromatic N) is 1. The highest BCUT2D eigenvalue weighted by Crippen LogP contribution is 2.33. The van der Waals surface area contributed by atoms with Gasteiger partial charge in [-0.1, -0.05) is 36.4 Å². The summed E-state index contributed by atoms with van der Waals surface area (Å²) < 4.78 is 7.28. The number of carbonyl (C=O) groups excluding carboxylic acids is 1. The number of ether oxygens (including phenoxy) is 1. The van der Waals surface area contributed by atoms with E-state index in [0.29, 0.717) is 0 Å². The highest BCUT2D eigenvalue weighted by molar-refractivity contribution is 5.92. The van der Waals surface area contributed by atoms with Gasteiger partial charge in [0.1, 0.15) is 5.60 Å². The van der Waals surface area contributed by atoms with Crippen LogP contribution >= 0.6 is 0 Å². The maximum Gasteiger partial charge on any atom is 0.419 e. The molecule has 0 saturated carbocycles. The van der Waals surface area contributed by atoms with Crippen LogP contribution < -0.4 is 5.32 Å². The predicted octanol–water partition coefficient (Wildman–Crippen LogP) is 5.34. The first-order valence-electron chi connectivity index (χ1n) is 10.6. The van der Waals surface area contributed by atoms with Gasteiger partial charge < -0.3 is 15.0 Å². The number of para-hydroxylation sites is 2. The molecule has 3 heterocycles. The number of hydrogen-bond donors (Lipinski definition) is 2. The Kier molecular flexibility index (Phi) is 4.44. The second kappa shape index (κ2) is 7.03. The quantitative estimate of drug-likeness (QED) is 0.477. The van der Waals surface area contributed by atoms with Gasteiger partial charge in [-0.25, -0.2) is 4.79 Å². The van der Waals surface area contributed by atoms with E-state index >= 15 is 0 Å². The van der Waals surface area contributed by atoms with E-state index in [0.717, 1.165) is 35.9 Å². The van der Waals surface area contributed by atoms with Gasteiger partial charge in [-0.2, -0.15) is 0 Å². The average molecular weight is 402 g/mol. The largest absolute Gasteiger partial charge is 0.443 e. The number of benzene rings is 2. The van der Waals surface area contributed by atoms with E-state index in [4.69, 9.17) is 4.74 Å². The molecule has 0 radical (unpaired) electrons. The molecule has 1 aliphatic heterocycles. The van der Waals surface area contributed by atoms with Crippen molar-refractivity contribution in [1.29, 1.82) is 0 Å². The van der Waals surface area contributed by atoms with E-state index in [2.05, 4.69) is 40.6 Å². The molecule has 0 spiro atoms. The molecule has 1 atom stereocenters. The molecule has 0 fully saturated rings. The van der Waals surface area contributed by atoms with Crippen molar-refractivity contribution < 1.29 is 9.53 Å². The van der Waals surface area contributed by atoms with Crippen molar-refractivity contribution in [3.8, 4) is 0 Å². The first-order chi connectivity index (χ1) is 14.4. The Hall–Kier alpha value is -3.05. The SMILES string of the molecule is CC(C)(C)OC(=O)n1cc(CC2NCCc3c2[nH]c2ccccc32)c2ccccc21. The van der Waals surface area contributed by atoms with Crippen LogP contribution in [0.15, 0.2) is 54.7 Å². The van der Waals surface area contributed by atoms with Gasteiger partial charge in [0, 0.05) is 28.2 Å². The number of carbonyl (C=O) groups is 1. The maximum absolute atomic E-state index is 12.8. The minimum Gasteiger partial charge on any atom is -0.443 e. The molecule has 2 N–H and O–H groups in total. The Bertz CT molecular complexity index is 1240. The lowest BCUT2D eigenvalue weighted by molar-refractivity contribution is 0.0544. The molecule has 0 amide bonds. The highest BCUT2D eigenvalue weighted by atomic mass is 16.6. The van der Waals surface area contributed by atoms with Crippen LogP contribution in [-0.2, 0) is 17.6 Å². The molecule has 5 rings (SSSR count). The van der Waals surface area contributed by atoms with Crippen molar-refractivity contribution in [1.82, 2.24) is 14.9 Å². The summed E-state index contributed by atoms with van der Waals surface area (Å²) in [4.78, 5) is 16.4. The number of rotatable bonds is 2. The third-order valence-electron chi connectivity index (χ3n) is 5.77. The number of hydrogen-bond acceptors (Lipinski definition) is 3. The molecule has 5 nitrogen and oxygen atoms in total. The zero-order valence-corrected chi connectivity index (χ0v) is 17.7. The number of nitrogens with one attached hydrogen (secondary N) is 2. The van der Waals surface area contributed by atoms with Gasteiger partial charge in [0.05, 0.1) is 11.6 Å². The summed E-state index contributed by atoms with van der Waals surface area (Å²) in [6.07, 6.45) is 3.43. The molecular weight excluding hydrogens is 374 g/mol. The Morgan fingerprint density at radius 2 is 1.83 bits per heavy atom. The molecule has 1 unspecified atom stereocenters. The first kappa shape index (κ1) is 18.9. The fourth-order valence-corrected chi connectivity index (χ4v) is 4.53. The van der Waals surface area contributed by atoms with Gasteiger partial charge in [-0.05, 0) is 63.4 Å². The molecule has 0 saturated heterocycles. The molecule has 0 aliphatic carbocycles. The van der Waals surface area contributed by atoms with Crippen LogP contribution in [0.2, 0.25) is 0 Å². The Morgan fingerprint density at radius 1 is 1.10 bits per heavy atom. The summed E-state index contributed by atoms with van der Waals surface area (Å²) in [7, 11) is 0. The van der Waals surface area contributed by atoms with Crippen LogP contribution in [0.1, 0.15) is 43.6 Å². The van der Waals surface area contributed by atoms with E-state index in [-0.39, 0.29) is 12.1 Å². The number of aromatic nitrogens is 2. The van der Waals surface area contributed by atoms with Crippen molar-refractivity contribution in [2.24, 2.45) is 0 Å². The average Bonchev–Trinajstić information content (AvgIpc) is 3.26. The van der Waals surface area contributed by atoms with Crippen LogP contribution in [0.3, 0.4) is 0 Å². The zero-order chi connectivity index (χ0) is 20.9. The summed E-state index contributed by atoms with van der Waals surface area (Å²) in [5.41, 5.74) is 5.34. The molecular formula is C25H27N3O2. The van der Waals surface area contributed by atoms with Gasteiger partial charge in [-0.3, -0.25) is 4.57 Å². The Labute approximate surface area is 176 Å². The minimum absolute atomic E-state index is 0.180. The fourth-order valence-electron chi connectivity index (χ4n) is 4.53. The zero-order valence-electron chi connectivity index (χ0n) is 17.7. The topological polar surface area (TPSA) is 59.0 Å². The molecule has 2 aromatic heterocycles. The molecule has 0 bridgehead atoms. The van der Waals surface area contributed by atoms with E-state index in [1.807, 2.05) is 45.2 Å².